The summed E-state index contributed by atoms with van der Waals surface area (Å²) in [7, 11) is 0. The molecule has 0 aromatic heterocycles. The van der Waals surface area contributed by atoms with Gasteiger partial charge in [-0.2, -0.15) is 0 Å². The standard InChI is InChI=1S/C14H21NO3/c16-15(17)18-13-9-4-2-1-3-6-10-14-11-7-5-8-12-14/h5,7-8,11-12H,1-4,6,9-10,13H2. The molecule has 1 aromatic rings. The molecule has 1 aromatic carbocycles. The lowest BCUT2D eigenvalue weighted by atomic mass is 10.1. The lowest BCUT2D eigenvalue weighted by Gasteiger charge is -2.02. The maximum absolute atomic E-state index is 9.89. The SMILES string of the molecule is O=[N+]([O-])OCCCCCCCCc1ccccc1. The van der Waals surface area contributed by atoms with Gasteiger partial charge in [-0.25, -0.2) is 0 Å². The molecule has 0 radical (unpaired) electrons. The second kappa shape index (κ2) is 9.45. The summed E-state index contributed by atoms with van der Waals surface area (Å²) in [5, 5.41) is 9.17. The lowest BCUT2D eigenvalue weighted by Crippen LogP contribution is -2.01. The second-order valence-electron chi connectivity index (χ2n) is 4.41. The summed E-state index contributed by atoms with van der Waals surface area (Å²) >= 11 is 0. The van der Waals surface area contributed by atoms with Crippen molar-refractivity contribution in [3.63, 3.8) is 0 Å². The molecule has 0 saturated heterocycles. The van der Waals surface area contributed by atoms with Crippen molar-refractivity contribution in [1.29, 1.82) is 0 Å². The number of rotatable bonds is 10. The molecule has 100 valence electrons. The van der Waals surface area contributed by atoms with Gasteiger partial charge in [0.05, 0.1) is 6.61 Å². The topological polar surface area (TPSA) is 52.4 Å². The normalized spacial score (nSPS) is 10.2. The van der Waals surface area contributed by atoms with Crippen LogP contribution in [0.3, 0.4) is 0 Å². The minimum absolute atomic E-state index is 0.233. The third-order valence-electron chi connectivity index (χ3n) is 2.90. The number of unbranched alkanes of at least 4 members (excludes halogenated alkanes) is 5. The van der Waals surface area contributed by atoms with E-state index in [2.05, 4.69) is 29.1 Å². The van der Waals surface area contributed by atoms with Crippen LogP contribution in [-0.4, -0.2) is 11.7 Å². The fourth-order valence-corrected chi connectivity index (χ4v) is 1.92. The minimum Gasteiger partial charge on any atom is -0.314 e. The third-order valence-corrected chi connectivity index (χ3v) is 2.90. The van der Waals surface area contributed by atoms with E-state index >= 15 is 0 Å². The van der Waals surface area contributed by atoms with Gasteiger partial charge < -0.3 is 4.84 Å². The van der Waals surface area contributed by atoms with Gasteiger partial charge in [-0.05, 0) is 24.8 Å². The van der Waals surface area contributed by atoms with Crippen molar-refractivity contribution in [3.8, 4) is 0 Å². The highest BCUT2D eigenvalue weighted by Gasteiger charge is 1.96. The first-order valence-electron chi connectivity index (χ1n) is 6.60. The van der Waals surface area contributed by atoms with Gasteiger partial charge >= 0.3 is 0 Å². The van der Waals surface area contributed by atoms with Gasteiger partial charge in [0.15, 0.2) is 0 Å². The highest BCUT2D eigenvalue weighted by atomic mass is 16.9. The van der Waals surface area contributed by atoms with Crippen LogP contribution < -0.4 is 0 Å². The molecular formula is C14H21NO3. The molecule has 0 aliphatic carbocycles. The second-order valence-corrected chi connectivity index (χ2v) is 4.41. The zero-order valence-electron chi connectivity index (χ0n) is 10.7. The largest absolute Gasteiger partial charge is 0.314 e. The number of hydrogen-bond donors (Lipinski definition) is 0. The van der Waals surface area contributed by atoms with Gasteiger partial charge in [-0.3, -0.25) is 0 Å². The Hall–Kier alpha value is -1.58. The highest BCUT2D eigenvalue weighted by molar-refractivity contribution is 5.14. The van der Waals surface area contributed by atoms with E-state index in [4.69, 9.17) is 0 Å². The van der Waals surface area contributed by atoms with Crippen molar-refractivity contribution in [2.24, 2.45) is 0 Å². The monoisotopic (exact) mass is 251 g/mol. The van der Waals surface area contributed by atoms with E-state index in [9.17, 15) is 10.1 Å². The summed E-state index contributed by atoms with van der Waals surface area (Å²) in [6, 6.07) is 10.5. The quantitative estimate of drug-likeness (QED) is 0.361. The van der Waals surface area contributed by atoms with E-state index in [1.807, 2.05) is 6.07 Å². The molecule has 0 atom stereocenters. The fourth-order valence-electron chi connectivity index (χ4n) is 1.92. The summed E-state index contributed by atoms with van der Waals surface area (Å²) in [6.07, 6.45) is 7.71. The summed E-state index contributed by atoms with van der Waals surface area (Å²) in [5.41, 5.74) is 1.40. The molecule has 1 rings (SSSR count). The predicted molar refractivity (Wildman–Crippen MR) is 70.8 cm³/mol. The van der Waals surface area contributed by atoms with Gasteiger partial charge in [-0.1, -0.05) is 56.0 Å². The van der Waals surface area contributed by atoms with Crippen molar-refractivity contribution in [1.82, 2.24) is 0 Å². The number of hydrogen-bond acceptors (Lipinski definition) is 3. The van der Waals surface area contributed by atoms with Crippen molar-refractivity contribution < 1.29 is 9.92 Å². The van der Waals surface area contributed by atoms with Gasteiger partial charge in [-0.15, -0.1) is 10.1 Å². The minimum atomic E-state index is -0.722. The molecule has 4 heteroatoms. The highest BCUT2D eigenvalue weighted by Crippen LogP contribution is 2.09. The number of benzene rings is 1. The Balaban J connectivity index is 1.86. The third kappa shape index (κ3) is 7.65. The van der Waals surface area contributed by atoms with Gasteiger partial charge in [0.2, 0.25) is 0 Å². The van der Waals surface area contributed by atoms with Gasteiger partial charge in [0.25, 0.3) is 5.09 Å². The van der Waals surface area contributed by atoms with Crippen LogP contribution in [-0.2, 0) is 11.3 Å². The number of nitrogens with zero attached hydrogens (tertiary/aromatic N) is 1. The first-order valence-corrected chi connectivity index (χ1v) is 6.60. The average Bonchev–Trinajstić information content (AvgIpc) is 2.37. The van der Waals surface area contributed by atoms with Crippen LogP contribution in [0.1, 0.15) is 44.1 Å². The van der Waals surface area contributed by atoms with Crippen molar-refractivity contribution >= 4 is 0 Å². The molecule has 0 heterocycles. The van der Waals surface area contributed by atoms with Gasteiger partial charge in [0, 0.05) is 0 Å². The predicted octanol–water partition coefficient (Wildman–Crippen LogP) is 3.78. The molecule has 0 bridgehead atoms. The Morgan fingerprint density at radius 3 is 2.22 bits per heavy atom. The van der Waals surface area contributed by atoms with Crippen LogP contribution in [0.2, 0.25) is 0 Å². The molecule has 0 amide bonds. The Kier molecular flexibility index (Phi) is 7.60. The molecule has 0 aliphatic rings. The van der Waals surface area contributed by atoms with Crippen LogP contribution in [0.25, 0.3) is 0 Å². The van der Waals surface area contributed by atoms with E-state index in [1.54, 1.807) is 0 Å². The Morgan fingerprint density at radius 1 is 0.944 bits per heavy atom. The van der Waals surface area contributed by atoms with Gasteiger partial charge in [0.1, 0.15) is 0 Å². The molecule has 0 N–H and O–H groups in total. The van der Waals surface area contributed by atoms with Crippen LogP contribution in [0.5, 0.6) is 0 Å². The first kappa shape index (κ1) is 14.5. The van der Waals surface area contributed by atoms with Crippen molar-refractivity contribution in [2.75, 3.05) is 6.61 Å². The summed E-state index contributed by atoms with van der Waals surface area (Å²) < 4.78 is 0. The number of aryl methyl sites for hydroxylation is 1. The van der Waals surface area contributed by atoms with Crippen LogP contribution >= 0.6 is 0 Å². The zero-order chi connectivity index (χ0) is 13.1. The Labute approximate surface area is 108 Å². The molecule has 0 fully saturated rings. The molecule has 0 spiro atoms. The van der Waals surface area contributed by atoms with Crippen molar-refractivity contribution in [3.05, 3.63) is 46.0 Å². The van der Waals surface area contributed by atoms with E-state index < -0.39 is 5.09 Å². The summed E-state index contributed by atoms with van der Waals surface area (Å²) in [4.78, 5) is 14.1. The van der Waals surface area contributed by atoms with Crippen molar-refractivity contribution in [2.45, 2.75) is 44.9 Å². The molecule has 0 aliphatic heterocycles. The zero-order valence-corrected chi connectivity index (χ0v) is 10.7. The molecule has 4 nitrogen and oxygen atoms in total. The Bertz CT molecular complexity index is 327. The maximum Gasteiger partial charge on any atom is 0.294 e. The lowest BCUT2D eigenvalue weighted by molar-refractivity contribution is -0.757. The maximum atomic E-state index is 9.89. The molecule has 0 unspecified atom stereocenters. The average molecular weight is 251 g/mol. The smallest absolute Gasteiger partial charge is 0.294 e. The van der Waals surface area contributed by atoms with E-state index in [-0.39, 0.29) is 6.61 Å². The van der Waals surface area contributed by atoms with E-state index in [0.717, 1.165) is 25.7 Å². The van der Waals surface area contributed by atoms with E-state index in [0.29, 0.717) is 0 Å². The molecular weight excluding hydrogens is 230 g/mol. The van der Waals surface area contributed by atoms with Crippen LogP contribution in [0.4, 0.5) is 0 Å². The van der Waals surface area contributed by atoms with Crippen LogP contribution in [0, 0.1) is 10.1 Å². The Morgan fingerprint density at radius 2 is 1.56 bits per heavy atom. The summed E-state index contributed by atoms with van der Waals surface area (Å²) in [6.45, 7) is 0.233. The molecule has 0 saturated carbocycles. The summed E-state index contributed by atoms with van der Waals surface area (Å²) in [5.74, 6) is 0. The molecule has 18 heavy (non-hydrogen) atoms. The first-order chi connectivity index (χ1) is 8.79. The van der Waals surface area contributed by atoms with E-state index in [1.165, 1.54) is 24.8 Å². The van der Waals surface area contributed by atoms with Crippen LogP contribution in [0.15, 0.2) is 30.3 Å². The fraction of sp³-hybridized carbons (Fsp3) is 0.571.